The average Bonchev–Trinajstić information content (AvgIpc) is 2.29. The van der Waals surface area contributed by atoms with Crippen LogP contribution in [-0.2, 0) is 11.2 Å². The summed E-state index contributed by atoms with van der Waals surface area (Å²) in [5, 5.41) is 1.20. The summed E-state index contributed by atoms with van der Waals surface area (Å²) >= 11 is 0. The third kappa shape index (κ3) is 2.54. The number of methoxy groups -OCH3 is 1. The van der Waals surface area contributed by atoms with Crippen LogP contribution in [0.25, 0.3) is 10.9 Å². The molecule has 1 heterocycles. The molecule has 2 rings (SSSR count). The van der Waals surface area contributed by atoms with Gasteiger partial charge in [-0.3, -0.25) is 4.98 Å². The molecule has 2 aromatic rings. The van der Waals surface area contributed by atoms with Gasteiger partial charge >= 0.3 is 0 Å². The number of rotatable bonds is 4. The van der Waals surface area contributed by atoms with Crippen molar-refractivity contribution in [3.05, 3.63) is 42.1 Å². The molecule has 0 saturated carbocycles. The Hall–Kier alpha value is -1.41. The van der Waals surface area contributed by atoms with Crippen LogP contribution in [0.4, 0.5) is 0 Å². The number of aromatic nitrogens is 1. The van der Waals surface area contributed by atoms with Crippen LogP contribution in [0, 0.1) is 0 Å². The highest BCUT2D eigenvalue weighted by Gasteiger charge is 1.96. The molecule has 15 heavy (non-hydrogen) atoms. The van der Waals surface area contributed by atoms with Crippen LogP contribution in [0.2, 0.25) is 0 Å². The largest absolute Gasteiger partial charge is 0.385 e. The summed E-state index contributed by atoms with van der Waals surface area (Å²) < 4.78 is 5.04. The Kier molecular flexibility index (Phi) is 3.30. The molecule has 78 valence electrons. The highest BCUT2D eigenvalue weighted by Crippen LogP contribution is 2.14. The number of aryl methyl sites for hydroxylation is 1. The first-order valence-corrected chi connectivity index (χ1v) is 5.23. The zero-order chi connectivity index (χ0) is 10.5. The smallest absolute Gasteiger partial charge is 0.0704 e. The van der Waals surface area contributed by atoms with Gasteiger partial charge in [0.25, 0.3) is 0 Å². The molecule has 0 amide bonds. The molecule has 0 N–H and O–H groups in total. The average molecular weight is 201 g/mol. The van der Waals surface area contributed by atoms with Gasteiger partial charge in [0.15, 0.2) is 0 Å². The molecule has 0 fully saturated rings. The first kappa shape index (κ1) is 10.1. The highest BCUT2D eigenvalue weighted by atomic mass is 16.5. The zero-order valence-electron chi connectivity index (χ0n) is 8.94. The summed E-state index contributed by atoms with van der Waals surface area (Å²) in [6.07, 6.45) is 3.95. The monoisotopic (exact) mass is 201 g/mol. The molecule has 0 aliphatic rings. The number of hydrogen-bond acceptors (Lipinski definition) is 2. The first-order valence-electron chi connectivity index (χ1n) is 5.23. The van der Waals surface area contributed by atoms with E-state index in [0.717, 1.165) is 25.0 Å². The fourth-order valence-electron chi connectivity index (χ4n) is 1.69. The lowest BCUT2D eigenvalue weighted by Gasteiger charge is -2.02. The van der Waals surface area contributed by atoms with Gasteiger partial charge in [0, 0.05) is 25.3 Å². The van der Waals surface area contributed by atoms with Crippen molar-refractivity contribution >= 4 is 10.9 Å². The maximum atomic E-state index is 5.04. The third-order valence-electron chi connectivity index (χ3n) is 2.48. The van der Waals surface area contributed by atoms with Crippen molar-refractivity contribution in [3.8, 4) is 0 Å². The van der Waals surface area contributed by atoms with Crippen LogP contribution in [0.15, 0.2) is 36.5 Å². The van der Waals surface area contributed by atoms with Gasteiger partial charge in [0.1, 0.15) is 0 Å². The van der Waals surface area contributed by atoms with E-state index in [9.17, 15) is 0 Å². The van der Waals surface area contributed by atoms with E-state index in [-0.39, 0.29) is 0 Å². The van der Waals surface area contributed by atoms with Gasteiger partial charge < -0.3 is 4.74 Å². The van der Waals surface area contributed by atoms with Crippen LogP contribution >= 0.6 is 0 Å². The molecule has 0 unspecified atom stereocenters. The third-order valence-corrected chi connectivity index (χ3v) is 2.48. The lowest BCUT2D eigenvalue weighted by Crippen LogP contribution is -1.92. The topological polar surface area (TPSA) is 22.1 Å². The van der Waals surface area contributed by atoms with Crippen molar-refractivity contribution < 1.29 is 4.74 Å². The van der Waals surface area contributed by atoms with Crippen molar-refractivity contribution in [1.29, 1.82) is 0 Å². The zero-order valence-corrected chi connectivity index (χ0v) is 8.94. The second-order valence-corrected chi connectivity index (χ2v) is 3.63. The number of pyridine rings is 1. The van der Waals surface area contributed by atoms with Crippen LogP contribution < -0.4 is 0 Å². The van der Waals surface area contributed by atoms with Gasteiger partial charge in [-0.25, -0.2) is 0 Å². The second-order valence-electron chi connectivity index (χ2n) is 3.63. The van der Waals surface area contributed by atoms with Crippen LogP contribution in [0.1, 0.15) is 12.0 Å². The van der Waals surface area contributed by atoms with E-state index in [4.69, 9.17) is 4.74 Å². The molecule has 2 heteroatoms. The lowest BCUT2D eigenvalue weighted by atomic mass is 10.1. The van der Waals surface area contributed by atoms with E-state index < -0.39 is 0 Å². The highest BCUT2D eigenvalue weighted by molar-refractivity contribution is 5.78. The quantitative estimate of drug-likeness (QED) is 0.710. The van der Waals surface area contributed by atoms with E-state index in [1.165, 1.54) is 10.9 Å². The second kappa shape index (κ2) is 4.89. The maximum absolute atomic E-state index is 5.04. The van der Waals surface area contributed by atoms with Crippen molar-refractivity contribution in [2.45, 2.75) is 12.8 Å². The Labute approximate surface area is 89.9 Å². The summed E-state index contributed by atoms with van der Waals surface area (Å²) in [4.78, 5) is 4.34. The van der Waals surface area contributed by atoms with Crippen LogP contribution in [0.3, 0.4) is 0 Å². The lowest BCUT2D eigenvalue weighted by molar-refractivity contribution is 0.195. The van der Waals surface area contributed by atoms with Gasteiger partial charge in [-0.05, 0) is 30.5 Å². The Bertz CT molecular complexity index is 439. The van der Waals surface area contributed by atoms with E-state index in [2.05, 4.69) is 29.2 Å². The SMILES string of the molecule is COCCCc1ccc2cccnc2c1. The molecule has 0 spiro atoms. The van der Waals surface area contributed by atoms with Crippen LogP contribution in [-0.4, -0.2) is 18.7 Å². The van der Waals surface area contributed by atoms with Crippen molar-refractivity contribution in [2.75, 3.05) is 13.7 Å². The van der Waals surface area contributed by atoms with Crippen molar-refractivity contribution in [2.24, 2.45) is 0 Å². The van der Waals surface area contributed by atoms with E-state index >= 15 is 0 Å². The van der Waals surface area contributed by atoms with Gasteiger partial charge in [-0.2, -0.15) is 0 Å². The van der Waals surface area contributed by atoms with E-state index in [0.29, 0.717) is 0 Å². The molecule has 0 bridgehead atoms. The Morgan fingerprint density at radius 2 is 2.20 bits per heavy atom. The molecule has 1 aromatic heterocycles. The molecule has 0 aliphatic heterocycles. The predicted octanol–water partition coefficient (Wildman–Crippen LogP) is 2.81. The molecule has 0 aliphatic carbocycles. The van der Waals surface area contributed by atoms with E-state index in [1.807, 2.05) is 12.3 Å². The Balaban J connectivity index is 2.16. The molecular weight excluding hydrogens is 186 g/mol. The fourth-order valence-corrected chi connectivity index (χ4v) is 1.69. The number of benzene rings is 1. The number of hydrogen-bond donors (Lipinski definition) is 0. The minimum Gasteiger partial charge on any atom is -0.385 e. The van der Waals surface area contributed by atoms with Gasteiger partial charge in [-0.1, -0.05) is 18.2 Å². The number of ether oxygens (including phenoxy) is 1. The van der Waals surface area contributed by atoms with Crippen molar-refractivity contribution in [1.82, 2.24) is 4.98 Å². The van der Waals surface area contributed by atoms with Gasteiger partial charge in [-0.15, -0.1) is 0 Å². The van der Waals surface area contributed by atoms with Crippen LogP contribution in [0.5, 0.6) is 0 Å². The van der Waals surface area contributed by atoms with E-state index in [1.54, 1.807) is 7.11 Å². The predicted molar refractivity (Wildman–Crippen MR) is 61.9 cm³/mol. The van der Waals surface area contributed by atoms with Gasteiger partial charge in [0.2, 0.25) is 0 Å². The summed E-state index contributed by atoms with van der Waals surface area (Å²) in [7, 11) is 1.74. The maximum Gasteiger partial charge on any atom is 0.0704 e. The minimum atomic E-state index is 0.820. The summed E-state index contributed by atoms with van der Waals surface area (Å²) in [5.74, 6) is 0. The Morgan fingerprint density at radius 3 is 3.07 bits per heavy atom. The Morgan fingerprint density at radius 1 is 1.27 bits per heavy atom. The number of nitrogens with zero attached hydrogens (tertiary/aromatic N) is 1. The minimum absolute atomic E-state index is 0.820. The normalized spacial score (nSPS) is 10.7. The fraction of sp³-hybridized carbons (Fsp3) is 0.308. The molecule has 0 radical (unpaired) electrons. The van der Waals surface area contributed by atoms with Crippen molar-refractivity contribution in [3.63, 3.8) is 0 Å². The molecule has 0 saturated heterocycles. The standard InChI is InChI=1S/C13H15NO/c1-15-9-3-4-11-6-7-12-5-2-8-14-13(12)10-11/h2,5-8,10H,3-4,9H2,1H3. The molecule has 2 nitrogen and oxygen atoms in total. The summed E-state index contributed by atoms with van der Waals surface area (Å²) in [6.45, 7) is 0.820. The molecule has 1 aromatic carbocycles. The summed E-state index contributed by atoms with van der Waals surface area (Å²) in [6, 6.07) is 10.5. The summed E-state index contributed by atoms with van der Waals surface area (Å²) in [5.41, 5.74) is 2.41. The number of fused-ring (bicyclic) bond motifs is 1. The molecule has 0 atom stereocenters. The first-order chi connectivity index (χ1) is 7.40. The van der Waals surface area contributed by atoms with Gasteiger partial charge in [0.05, 0.1) is 5.52 Å². The molecular formula is C13H15NO.